The molecule has 0 saturated heterocycles. The number of nitrogens with zero attached hydrogens (tertiary/aromatic N) is 2. The minimum absolute atomic E-state index is 0.0991. The van der Waals surface area contributed by atoms with E-state index < -0.39 is 28.5 Å². The molecule has 2 aromatic rings. The van der Waals surface area contributed by atoms with E-state index in [0.717, 1.165) is 47.4 Å². The van der Waals surface area contributed by atoms with E-state index in [1.54, 1.807) is 6.92 Å². The van der Waals surface area contributed by atoms with Crippen molar-refractivity contribution >= 4 is 50.7 Å². The van der Waals surface area contributed by atoms with Crippen LogP contribution >= 0.6 is 23.2 Å². The first-order valence-electron chi connectivity index (χ1n) is 11.5. The minimum Gasteiger partial charge on any atom is -0.352 e. The second-order valence-electron chi connectivity index (χ2n) is 9.07. The Kier molecular flexibility index (Phi) is 9.07. The number of carbonyl (C=O) groups is 2. The number of aryl methyl sites for hydroxylation is 1. The van der Waals surface area contributed by atoms with E-state index in [9.17, 15) is 18.0 Å². The molecular weight excluding hydrogens is 509 g/mol. The highest BCUT2D eigenvalue weighted by Crippen LogP contribution is 2.27. The summed E-state index contributed by atoms with van der Waals surface area (Å²) in [5, 5.41) is 3.53. The predicted octanol–water partition coefficient (Wildman–Crippen LogP) is 4.54. The summed E-state index contributed by atoms with van der Waals surface area (Å²) in [5.41, 5.74) is 2.04. The van der Waals surface area contributed by atoms with Gasteiger partial charge in [-0.15, -0.1) is 0 Å². The van der Waals surface area contributed by atoms with Gasteiger partial charge >= 0.3 is 0 Å². The zero-order chi connectivity index (χ0) is 25.8. The monoisotopic (exact) mass is 539 g/mol. The van der Waals surface area contributed by atoms with Crippen LogP contribution < -0.4 is 9.62 Å². The Labute approximate surface area is 217 Å². The van der Waals surface area contributed by atoms with Crippen LogP contribution in [0.3, 0.4) is 0 Å². The van der Waals surface area contributed by atoms with Gasteiger partial charge in [0.05, 0.1) is 11.9 Å². The highest BCUT2D eigenvalue weighted by Gasteiger charge is 2.31. The number of rotatable bonds is 9. The van der Waals surface area contributed by atoms with Crippen LogP contribution in [-0.2, 0) is 26.2 Å². The third-order valence-electron chi connectivity index (χ3n) is 6.12. The van der Waals surface area contributed by atoms with E-state index in [1.165, 1.54) is 23.1 Å². The van der Waals surface area contributed by atoms with Crippen molar-refractivity contribution in [3.05, 3.63) is 63.6 Å². The fourth-order valence-corrected chi connectivity index (χ4v) is 5.63. The molecule has 0 aromatic heterocycles. The maximum absolute atomic E-state index is 13.6. The summed E-state index contributed by atoms with van der Waals surface area (Å²) in [5.74, 6) is -0.767. The molecule has 0 radical (unpaired) electrons. The van der Waals surface area contributed by atoms with Gasteiger partial charge in [-0.1, -0.05) is 65.9 Å². The molecule has 1 aliphatic carbocycles. The molecule has 7 nitrogen and oxygen atoms in total. The Morgan fingerprint density at radius 3 is 2.29 bits per heavy atom. The molecule has 1 aliphatic rings. The molecular formula is C25H31Cl2N3O4S. The summed E-state index contributed by atoms with van der Waals surface area (Å²) >= 11 is 12.2. The first-order valence-corrected chi connectivity index (χ1v) is 14.1. The quantitative estimate of drug-likeness (QED) is 0.506. The van der Waals surface area contributed by atoms with Gasteiger partial charge in [-0.25, -0.2) is 8.42 Å². The maximum Gasteiger partial charge on any atom is 0.244 e. The standard InChI is InChI=1S/C25H31Cl2N3O4S/c1-17-7-6-8-19(11-17)15-29(18(2)25(32)28-22-9-4-5-10-22)24(31)16-30(35(3,33)34)23-13-20(26)12-21(27)14-23/h6-8,11-14,18,22H,4-5,9-10,15-16H2,1-3H3,(H,28,32). The van der Waals surface area contributed by atoms with Crippen molar-refractivity contribution < 1.29 is 18.0 Å². The number of carbonyl (C=O) groups excluding carboxylic acids is 2. The van der Waals surface area contributed by atoms with Crippen LogP contribution in [0.15, 0.2) is 42.5 Å². The number of anilines is 1. The first-order chi connectivity index (χ1) is 16.4. The highest BCUT2D eigenvalue weighted by atomic mass is 35.5. The average molecular weight is 541 g/mol. The van der Waals surface area contributed by atoms with Crippen molar-refractivity contribution in [2.75, 3.05) is 17.1 Å². The number of sulfonamides is 1. The lowest BCUT2D eigenvalue weighted by Crippen LogP contribution is -2.52. The summed E-state index contributed by atoms with van der Waals surface area (Å²) in [7, 11) is -3.86. The lowest BCUT2D eigenvalue weighted by molar-refractivity contribution is -0.139. The van der Waals surface area contributed by atoms with Crippen molar-refractivity contribution in [3.63, 3.8) is 0 Å². The van der Waals surface area contributed by atoms with Gasteiger partial charge in [0.25, 0.3) is 0 Å². The Morgan fingerprint density at radius 2 is 1.71 bits per heavy atom. The molecule has 190 valence electrons. The van der Waals surface area contributed by atoms with E-state index in [0.29, 0.717) is 0 Å². The van der Waals surface area contributed by atoms with Crippen LogP contribution in [0, 0.1) is 6.92 Å². The first kappa shape index (κ1) is 27.3. The number of amides is 2. The van der Waals surface area contributed by atoms with Gasteiger partial charge in [-0.05, 0) is 50.5 Å². The normalized spacial score (nSPS) is 15.0. The molecule has 1 N–H and O–H groups in total. The van der Waals surface area contributed by atoms with E-state index >= 15 is 0 Å². The maximum atomic E-state index is 13.6. The molecule has 2 amide bonds. The lowest BCUT2D eigenvalue weighted by atomic mass is 10.1. The third kappa shape index (κ3) is 7.59. The number of halogens is 2. The van der Waals surface area contributed by atoms with Crippen molar-refractivity contribution in [1.29, 1.82) is 0 Å². The van der Waals surface area contributed by atoms with Gasteiger partial charge in [0.15, 0.2) is 0 Å². The molecule has 0 spiro atoms. The van der Waals surface area contributed by atoms with Crippen molar-refractivity contribution in [1.82, 2.24) is 10.2 Å². The summed E-state index contributed by atoms with van der Waals surface area (Å²) in [6.45, 7) is 3.27. The van der Waals surface area contributed by atoms with E-state index in [1.807, 2.05) is 31.2 Å². The van der Waals surface area contributed by atoms with Crippen molar-refractivity contribution in [3.8, 4) is 0 Å². The van der Waals surface area contributed by atoms with Gasteiger partial charge in [0.1, 0.15) is 12.6 Å². The molecule has 1 unspecified atom stereocenters. The van der Waals surface area contributed by atoms with Gasteiger partial charge in [-0.3, -0.25) is 13.9 Å². The fourth-order valence-electron chi connectivity index (χ4n) is 4.28. The molecule has 35 heavy (non-hydrogen) atoms. The summed E-state index contributed by atoms with van der Waals surface area (Å²) in [6.07, 6.45) is 4.98. The van der Waals surface area contributed by atoms with Gasteiger partial charge in [0, 0.05) is 22.6 Å². The molecule has 1 saturated carbocycles. The fraction of sp³-hybridized carbons (Fsp3) is 0.440. The number of nitrogens with one attached hydrogen (secondary N) is 1. The van der Waals surface area contributed by atoms with Gasteiger partial charge in [0.2, 0.25) is 21.8 Å². The van der Waals surface area contributed by atoms with Crippen LogP contribution in [0.25, 0.3) is 0 Å². The molecule has 2 aromatic carbocycles. The highest BCUT2D eigenvalue weighted by molar-refractivity contribution is 7.92. The Balaban J connectivity index is 1.90. The van der Waals surface area contributed by atoms with Crippen molar-refractivity contribution in [2.45, 2.75) is 58.2 Å². The summed E-state index contributed by atoms with van der Waals surface area (Å²) < 4.78 is 26.2. The van der Waals surface area contributed by atoms with Crippen LogP contribution in [-0.4, -0.2) is 50.0 Å². The molecule has 3 rings (SSSR count). The lowest BCUT2D eigenvalue weighted by Gasteiger charge is -2.32. The van der Waals surface area contributed by atoms with Gasteiger partial charge in [-0.2, -0.15) is 0 Å². The van der Waals surface area contributed by atoms with Crippen LogP contribution in [0.4, 0.5) is 5.69 Å². The second kappa shape index (κ2) is 11.6. The van der Waals surface area contributed by atoms with E-state index in [2.05, 4.69) is 5.32 Å². The molecule has 10 heteroatoms. The van der Waals surface area contributed by atoms with Gasteiger partial charge < -0.3 is 10.2 Å². The van der Waals surface area contributed by atoms with Crippen LogP contribution in [0.1, 0.15) is 43.7 Å². The topological polar surface area (TPSA) is 86.8 Å². The summed E-state index contributed by atoms with van der Waals surface area (Å²) in [4.78, 5) is 28.1. The SMILES string of the molecule is Cc1cccc(CN(C(=O)CN(c2cc(Cl)cc(Cl)c2)S(C)(=O)=O)C(C)C(=O)NC2CCCC2)c1. The average Bonchev–Trinajstić information content (AvgIpc) is 3.26. The molecule has 0 aliphatic heterocycles. The zero-order valence-corrected chi connectivity index (χ0v) is 22.5. The van der Waals surface area contributed by atoms with Crippen LogP contribution in [0.5, 0.6) is 0 Å². The molecule has 0 heterocycles. The molecule has 0 bridgehead atoms. The zero-order valence-electron chi connectivity index (χ0n) is 20.1. The number of hydrogen-bond donors (Lipinski definition) is 1. The van der Waals surface area contributed by atoms with Crippen LogP contribution in [0.2, 0.25) is 10.0 Å². The Bertz CT molecular complexity index is 1160. The second-order valence-corrected chi connectivity index (χ2v) is 11.9. The Morgan fingerprint density at radius 1 is 1.09 bits per heavy atom. The smallest absolute Gasteiger partial charge is 0.244 e. The Hall–Kier alpha value is -2.29. The number of benzene rings is 2. The number of hydrogen-bond acceptors (Lipinski definition) is 4. The predicted molar refractivity (Wildman–Crippen MR) is 140 cm³/mol. The minimum atomic E-state index is -3.86. The molecule has 1 fully saturated rings. The summed E-state index contributed by atoms with van der Waals surface area (Å²) in [6, 6.07) is 11.3. The molecule has 1 atom stereocenters. The van der Waals surface area contributed by atoms with E-state index in [4.69, 9.17) is 23.2 Å². The third-order valence-corrected chi connectivity index (χ3v) is 7.70. The van der Waals surface area contributed by atoms with Crippen molar-refractivity contribution in [2.24, 2.45) is 0 Å². The largest absolute Gasteiger partial charge is 0.352 e. The van der Waals surface area contributed by atoms with E-state index in [-0.39, 0.29) is 34.2 Å².